The summed E-state index contributed by atoms with van der Waals surface area (Å²) < 4.78 is 24.7. The molecule has 0 bridgehead atoms. The molecule has 4 rings (SSSR count). The molecule has 0 saturated heterocycles. The molecule has 1 N–H and O–H groups in total. The van der Waals surface area contributed by atoms with Gasteiger partial charge in [0.25, 0.3) is 0 Å². The van der Waals surface area contributed by atoms with Crippen molar-refractivity contribution in [2.24, 2.45) is 0 Å². The first kappa shape index (κ1) is 17.5. The van der Waals surface area contributed by atoms with Crippen molar-refractivity contribution in [1.29, 1.82) is 0 Å². The van der Waals surface area contributed by atoms with Crippen LogP contribution in [0.15, 0.2) is 53.9 Å². The van der Waals surface area contributed by atoms with Crippen molar-refractivity contribution < 1.29 is 18.7 Å². The summed E-state index contributed by atoms with van der Waals surface area (Å²) in [4.78, 5) is 13.2. The van der Waals surface area contributed by atoms with Gasteiger partial charge in [-0.05, 0) is 46.8 Å². The molecule has 2 aromatic carbocycles. The Bertz CT molecular complexity index is 985. The fraction of sp³-hybridized carbons (Fsp3) is 0.190. The molecule has 6 heteroatoms. The number of anilines is 1. The summed E-state index contributed by atoms with van der Waals surface area (Å²) in [5.74, 6) is 0.862. The predicted octanol–water partition coefficient (Wildman–Crippen LogP) is 4.95. The SMILES string of the molecule is COc1ccc([C@@H]2CC(=O)Nc3ccsc32)cc1OCc1cccc(F)c1. The average molecular weight is 383 g/mol. The van der Waals surface area contributed by atoms with Crippen molar-refractivity contribution in [2.45, 2.75) is 18.9 Å². The Morgan fingerprint density at radius 1 is 1.19 bits per heavy atom. The number of fused-ring (bicyclic) bond motifs is 1. The molecule has 0 aliphatic carbocycles. The van der Waals surface area contributed by atoms with Gasteiger partial charge in [-0.1, -0.05) is 18.2 Å². The molecule has 138 valence electrons. The van der Waals surface area contributed by atoms with E-state index in [4.69, 9.17) is 9.47 Å². The Balaban J connectivity index is 1.62. The third kappa shape index (κ3) is 3.66. The first-order valence-electron chi connectivity index (χ1n) is 8.56. The fourth-order valence-corrected chi connectivity index (χ4v) is 4.23. The Labute approximate surface area is 160 Å². The number of hydrogen-bond acceptors (Lipinski definition) is 4. The van der Waals surface area contributed by atoms with E-state index in [1.165, 1.54) is 12.1 Å². The number of hydrogen-bond donors (Lipinski definition) is 1. The number of thiophene rings is 1. The van der Waals surface area contributed by atoms with Crippen LogP contribution in [0, 0.1) is 5.82 Å². The van der Waals surface area contributed by atoms with Gasteiger partial charge in [-0.25, -0.2) is 4.39 Å². The third-order valence-electron chi connectivity index (χ3n) is 4.55. The van der Waals surface area contributed by atoms with Crippen molar-refractivity contribution in [2.75, 3.05) is 12.4 Å². The number of carbonyl (C=O) groups excluding carboxylic acids is 1. The smallest absolute Gasteiger partial charge is 0.225 e. The van der Waals surface area contributed by atoms with Gasteiger partial charge in [-0.3, -0.25) is 4.79 Å². The summed E-state index contributed by atoms with van der Waals surface area (Å²) in [5.41, 5.74) is 2.60. The molecule has 0 unspecified atom stereocenters. The molecule has 1 aliphatic heterocycles. The van der Waals surface area contributed by atoms with E-state index < -0.39 is 0 Å². The van der Waals surface area contributed by atoms with Crippen LogP contribution >= 0.6 is 11.3 Å². The summed E-state index contributed by atoms with van der Waals surface area (Å²) in [7, 11) is 1.58. The molecule has 4 nitrogen and oxygen atoms in total. The lowest BCUT2D eigenvalue weighted by Gasteiger charge is -2.23. The minimum absolute atomic E-state index is 0.00365. The fourth-order valence-electron chi connectivity index (χ4n) is 3.25. The van der Waals surface area contributed by atoms with Gasteiger partial charge in [0.15, 0.2) is 11.5 Å². The van der Waals surface area contributed by atoms with Crippen molar-refractivity contribution in [3.8, 4) is 11.5 Å². The molecular formula is C21H18FNO3S. The third-order valence-corrected chi connectivity index (χ3v) is 5.58. The second kappa shape index (κ2) is 7.40. The van der Waals surface area contributed by atoms with E-state index in [0.29, 0.717) is 17.9 Å². The van der Waals surface area contributed by atoms with Gasteiger partial charge >= 0.3 is 0 Å². The van der Waals surface area contributed by atoms with Gasteiger partial charge in [0.1, 0.15) is 12.4 Å². The highest BCUT2D eigenvalue weighted by molar-refractivity contribution is 7.10. The number of benzene rings is 2. The molecule has 1 aliphatic rings. The molecule has 2 heterocycles. The lowest BCUT2D eigenvalue weighted by molar-refractivity contribution is -0.116. The number of ether oxygens (including phenoxy) is 2. The van der Waals surface area contributed by atoms with Crippen molar-refractivity contribution in [3.05, 3.63) is 75.7 Å². The van der Waals surface area contributed by atoms with E-state index in [1.54, 1.807) is 24.5 Å². The zero-order chi connectivity index (χ0) is 18.8. The minimum Gasteiger partial charge on any atom is -0.493 e. The van der Waals surface area contributed by atoms with E-state index in [1.807, 2.05) is 35.7 Å². The van der Waals surface area contributed by atoms with Gasteiger partial charge < -0.3 is 14.8 Å². The molecule has 1 aromatic heterocycles. The van der Waals surface area contributed by atoms with E-state index >= 15 is 0 Å². The van der Waals surface area contributed by atoms with Crippen LogP contribution in [0.3, 0.4) is 0 Å². The summed E-state index contributed by atoms with van der Waals surface area (Å²) in [6, 6.07) is 13.9. The quantitative estimate of drug-likeness (QED) is 0.678. The average Bonchev–Trinajstić information content (AvgIpc) is 3.14. The number of rotatable bonds is 5. The standard InChI is InChI=1S/C21H18FNO3S/c1-25-18-6-5-14(16-11-20(24)23-17-7-8-27-21(16)17)10-19(18)26-12-13-3-2-4-15(22)9-13/h2-10,16H,11-12H2,1H3,(H,23,24)/t16-/m0/s1. The van der Waals surface area contributed by atoms with E-state index in [-0.39, 0.29) is 24.2 Å². The zero-order valence-corrected chi connectivity index (χ0v) is 15.5. The number of carbonyl (C=O) groups is 1. The van der Waals surface area contributed by atoms with Gasteiger partial charge in [-0.15, -0.1) is 11.3 Å². The van der Waals surface area contributed by atoms with Gasteiger partial charge in [0, 0.05) is 17.2 Å². The highest BCUT2D eigenvalue weighted by Crippen LogP contribution is 2.42. The Hall–Kier alpha value is -2.86. The van der Waals surface area contributed by atoms with Crippen LogP contribution in [0.4, 0.5) is 10.1 Å². The summed E-state index contributed by atoms with van der Waals surface area (Å²) in [6.07, 6.45) is 0.392. The lowest BCUT2D eigenvalue weighted by Crippen LogP contribution is -2.22. The van der Waals surface area contributed by atoms with Crippen LogP contribution in [0.25, 0.3) is 0 Å². The maximum Gasteiger partial charge on any atom is 0.225 e. The van der Waals surface area contributed by atoms with Gasteiger partial charge in [0.05, 0.1) is 12.8 Å². The largest absolute Gasteiger partial charge is 0.493 e. The van der Waals surface area contributed by atoms with Crippen LogP contribution in [-0.2, 0) is 11.4 Å². The molecule has 3 aromatic rings. The second-order valence-corrected chi connectivity index (χ2v) is 7.28. The van der Waals surface area contributed by atoms with Gasteiger partial charge in [-0.2, -0.15) is 0 Å². The topological polar surface area (TPSA) is 47.6 Å². The molecule has 0 radical (unpaired) electrons. The monoisotopic (exact) mass is 383 g/mol. The van der Waals surface area contributed by atoms with Crippen molar-refractivity contribution >= 4 is 22.9 Å². The first-order valence-corrected chi connectivity index (χ1v) is 9.44. The molecule has 0 saturated carbocycles. The highest BCUT2D eigenvalue weighted by Gasteiger charge is 2.28. The maximum atomic E-state index is 13.4. The highest BCUT2D eigenvalue weighted by atomic mass is 32.1. The van der Waals surface area contributed by atoms with Crippen LogP contribution in [0.2, 0.25) is 0 Å². The number of methoxy groups -OCH3 is 1. The second-order valence-electron chi connectivity index (χ2n) is 6.33. The summed E-state index contributed by atoms with van der Waals surface area (Å²) in [5, 5.41) is 4.89. The Morgan fingerprint density at radius 3 is 2.89 bits per heavy atom. The van der Waals surface area contributed by atoms with Crippen molar-refractivity contribution in [1.82, 2.24) is 0 Å². The first-order chi connectivity index (χ1) is 13.1. The van der Waals surface area contributed by atoms with E-state index in [9.17, 15) is 9.18 Å². The zero-order valence-electron chi connectivity index (χ0n) is 14.7. The molecule has 1 amide bonds. The van der Waals surface area contributed by atoms with E-state index in [0.717, 1.165) is 21.7 Å². The number of halogens is 1. The molecular weight excluding hydrogens is 365 g/mol. The molecule has 1 atom stereocenters. The van der Waals surface area contributed by atoms with Crippen LogP contribution in [0.1, 0.15) is 28.3 Å². The number of amides is 1. The van der Waals surface area contributed by atoms with E-state index in [2.05, 4.69) is 5.32 Å². The Kier molecular flexibility index (Phi) is 4.81. The Morgan fingerprint density at radius 2 is 2.07 bits per heavy atom. The predicted molar refractivity (Wildman–Crippen MR) is 103 cm³/mol. The molecule has 0 fully saturated rings. The number of nitrogens with one attached hydrogen (secondary N) is 1. The lowest BCUT2D eigenvalue weighted by atomic mass is 9.90. The molecule has 0 spiro atoms. The van der Waals surface area contributed by atoms with Crippen LogP contribution in [-0.4, -0.2) is 13.0 Å². The van der Waals surface area contributed by atoms with Crippen LogP contribution in [0.5, 0.6) is 11.5 Å². The minimum atomic E-state index is -0.296. The van der Waals surface area contributed by atoms with Crippen molar-refractivity contribution in [3.63, 3.8) is 0 Å². The summed E-state index contributed by atoms with van der Waals surface area (Å²) >= 11 is 1.63. The summed E-state index contributed by atoms with van der Waals surface area (Å²) in [6.45, 7) is 0.229. The maximum absolute atomic E-state index is 13.4. The normalized spacial score (nSPS) is 15.8. The van der Waals surface area contributed by atoms with Gasteiger partial charge in [0.2, 0.25) is 5.91 Å². The molecule has 27 heavy (non-hydrogen) atoms. The van der Waals surface area contributed by atoms with Crippen LogP contribution < -0.4 is 14.8 Å².